The number of amides is 1. The molecule has 0 aliphatic rings. The van der Waals surface area contributed by atoms with Crippen molar-refractivity contribution in [1.29, 1.82) is 0 Å². The SMILES string of the molecule is CCCNC=NC.Cc1ccc(CNC(=O)c2c(C(F)F)nc3ccccn23)cc1. The normalized spacial score (nSPS) is 10.9. The predicted octanol–water partition coefficient (Wildman–Crippen LogP) is 4.15. The summed E-state index contributed by atoms with van der Waals surface area (Å²) in [6.45, 7) is 5.38. The summed E-state index contributed by atoms with van der Waals surface area (Å²) in [5, 5.41) is 5.67. The van der Waals surface area contributed by atoms with Gasteiger partial charge in [-0.25, -0.2) is 13.8 Å². The zero-order valence-electron chi connectivity index (χ0n) is 17.4. The Bertz CT molecular complexity index is 967. The average Bonchev–Trinajstić information content (AvgIpc) is 3.14. The molecule has 0 fully saturated rings. The molecule has 0 spiro atoms. The smallest absolute Gasteiger partial charge is 0.282 e. The number of halogens is 2. The molecule has 0 saturated heterocycles. The second-order valence-corrected chi connectivity index (χ2v) is 6.58. The minimum absolute atomic E-state index is 0.122. The first-order chi connectivity index (χ1) is 14.5. The molecule has 1 aromatic carbocycles. The molecule has 30 heavy (non-hydrogen) atoms. The molecule has 0 radical (unpaired) electrons. The number of aromatic nitrogens is 2. The molecule has 6 nitrogen and oxygen atoms in total. The molecule has 160 valence electrons. The lowest BCUT2D eigenvalue weighted by atomic mass is 10.1. The van der Waals surface area contributed by atoms with Crippen LogP contribution in [-0.2, 0) is 6.54 Å². The molecule has 3 rings (SSSR count). The fourth-order valence-electron chi connectivity index (χ4n) is 2.66. The van der Waals surface area contributed by atoms with Gasteiger partial charge in [0.05, 0.1) is 6.34 Å². The predicted molar refractivity (Wildman–Crippen MR) is 115 cm³/mol. The molecule has 0 atom stereocenters. The molecule has 2 heterocycles. The first-order valence-corrected chi connectivity index (χ1v) is 9.70. The summed E-state index contributed by atoms with van der Waals surface area (Å²) in [5.41, 5.74) is 1.71. The van der Waals surface area contributed by atoms with Gasteiger partial charge >= 0.3 is 0 Å². The van der Waals surface area contributed by atoms with Gasteiger partial charge in [-0.3, -0.25) is 14.2 Å². The van der Waals surface area contributed by atoms with Gasteiger partial charge in [0.2, 0.25) is 0 Å². The molecular weight excluding hydrogens is 388 g/mol. The number of nitrogens with zero attached hydrogens (tertiary/aromatic N) is 3. The van der Waals surface area contributed by atoms with Crippen LogP contribution in [0.1, 0.15) is 47.1 Å². The van der Waals surface area contributed by atoms with Gasteiger partial charge in [0.15, 0.2) is 0 Å². The maximum atomic E-state index is 13.2. The molecule has 8 heteroatoms. The van der Waals surface area contributed by atoms with E-state index in [0.717, 1.165) is 24.1 Å². The minimum atomic E-state index is -2.81. The van der Waals surface area contributed by atoms with Gasteiger partial charge in [-0.1, -0.05) is 42.8 Å². The third kappa shape index (κ3) is 6.37. The number of alkyl halides is 2. The van der Waals surface area contributed by atoms with E-state index in [2.05, 4.69) is 27.5 Å². The number of aryl methyl sites for hydroxylation is 1. The maximum absolute atomic E-state index is 13.2. The van der Waals surface area contributed by atoms with Crippen molar-refractivity contribution in [3.63, 3.8) is 0 Å². The quantitative estimate of drug-likeness (QED) is 0.346. The standard InChI is InChI=1S/C17H15F2N3O.C5H12N2/c1-11-5-7-12(8-6-11)10-20-17(23)15-14(16(18)19)21-13-4-2-3-9-22(13)15;1-3-4-7-5-6-2/h2-9,16H,10H2,1H3,(H,20,23);5H,3-4H2,1-2H3,(H,6,7). The first-order valence-electron chi connectivity index (χ1n) is 9.70. The van der Waals surface area contributed by atoms with Crippen molar-refractivity contribution in [1.82, 2.24) is 20.0 Å². The number of hydrogen-bond donors (Lipinski definition) is 2. The number of nitrogens with one attached hydrogen (secondary N) is 2. The molecule has 0 aliphatic heterocycles. The summed E-state index contributed by atoms with van der Waals surface area (Å²) < 4.78 is 27.7. The van der Waals surface area contributed by atoms with Crippen molar-refractivity contribution in [2.75, 3.05) is 13.6 Å². The maximum Gasteiger partial charge on any atom is 0.282 e. The van der Waals surface area contributed by atoms with Gasteiger partial charge < -0.3 is 10.6 Å². The minimum Gasteiger partial charge on any atom is -0.376 e. The summed E-state index contributed by atoms with van der Waals surface area (Å²) in [7, 11) is 1.75. The highest BCUT2D eigenvalue weighted by Crippen LogP contribution is 2.23. The number of carbonyl (C=O) groups excluding carboxylic acids is 1. The number of rotatable bonds is 7. The number of carbonyl (C=O) groups is 1. The van der Waals surface area contributed by atoms with Crippen molar-refractivity contribution >= 4 is 17.9 Å². The Hall–Kier alpha value is -3.29. The monoisotopic (exact) mass is 415 g/mol. The van der Waals surface area contributed by atoms with Crippen LogP contribution in [0.4, 0.5) is 8.78 Å². The van der Waals surface area contributed by atoms with Crippen LogP contribution >= 0.6 is 0 Å². The van der Waals surface area contributed by atoms with E-state index in [0.29, 0.717) is 5.65 Å². The molecular formula is C22H27F2N5O. The van der Waals surface area contributed by atoms with E-state index in [1.807, 2.05) is 31.2 Å². The summed E-state index contributed by atoms with van der Waals surface area (Å²) in [6.07, 6.45) is 1.61. The topological polar surface area (TPSA) is 70.8 Å². The van der Waals surface area contributed by atoms with Crippen molar-refractivity contribution in [2.24, 2.45) is 4.99 Å². The lowest BCUT2D eigenvalue weighted by Gasteiger charge is -2.07. The zero-order valence-corrected chi connectivity index (χ0v) is 17.4. The lowest BCUT2D eigenvalue weighted by Crippen LogP contribution is -2.25. The van der Waals surface area contributed by atoms with Crippen LogP contribution in [0.25, 0.3) is 5.65 Å². The van der Waals surface area contributed by atoms with E-state index in [4.69, 9.17) is 0 Å². The molecule has 2 aromatic heterocycles. The highest BCUT2D eigenvalue weighted by Gasteiger charge is 2.25. The number of pyridine rings is 1. The van der Waals surface area contributed by atoms with Gasteiger partial charge in [-0.05, 0) is 31.0 Å². The van der Waals surface area contributed by atoms with Crippen LogP contribution in [0.2, 0.25) is 0 Å². The molecule has 1 amide bonds. The highest BCUT2D eigenvalue weighted by molar-refractivity contribution is 5.94. The first kappa shape index (κ1) is 23.0. The Balaban J connectivity index is 0.000000396. The molecule has 0 unspecified atom stereocenters. The van der Waals surface area contributed by atoms with Crippen LogP contribution < -0.4 is 10.6 Å². The van der Waals surface area contributed by atoms with Crippen LogP contribution in [0.5, 0.6) is 0 Å². The molecule has 0 bridgehead atoms. The van der Waals surface area contributed by atoms with Gasteiger partial charge in [0.25, 0.3) is 12.3 Å². The van der Waals surface area contributed by atoms with Gasteiger partial charge in [-0.2, -0.15) is 0 Å². The van der Waals surface area contributed by atoms with Gasteiger partial charge in [-0.15, -0.1) is 0 Å². The number of imidazole rings is 1. The number of hydrogen-bond acceptors (Lipinski definition) is 3. The fraction of sp³-hybridized carbons (Fsp3) is 0.318. The third-order valence-electron chi connectivity index (χ3n) is 4.17. The molecule has 0 saturated carbocycles. The van der Waals surface area contributed by atoms with Crippen molar-refractivity contribution < 1.29 is 13.6 Å². The fourth-order valence-corrected chi connectivity index (χ4v) is 2.66. The van der Waals surface area contributed by atoms with Crippen molar-refractivity contribution in [3.05, 3.63) is 71.2 Å². The van der Waals surface area contributed by atoms with Crippen molar-refractivity contribution in [3.8, 4) is 0 Å². The largest absolute Gasteiger partial charge is 0.376 e. The van der Waals surface area contributed by atoms with E-state index in [-0.39, 0.29) is 12.2 Å². The highest BCUT2D eigenvalue weighted by atomic mass is 19.3. The zero-order chi connectivity index (χ0) is 21.9. The van der Waals surface area contributed by atoms with E-state index in [1.54, 1.807) is 37.8 Å². The van der Waals surface area contributed by atoms with E-state index in [9.17, 15) is 13.6 Å². The molecule has 0 aliphatic carbocycles. The molecule has 3 aromatic rings. The number of benzene rings is 1. The van der Waals surface area contributed by atoms with E-state index in [1.165, 1.54) is 4.40 Å². The van der Waals surface area contributed by atoms with Crippen LogP contribution in [0.3, 0.4) is 0 Å². The van der Waals surface area contributed by atoms with E-state index < -0.39 is 18.0 Å². The summed E-state index contributed by atoms with van der Waals surface area (Å²) in [4.78, 5) is 20.0. The Morgan fingerprint density at radius 2 is 1.97 bits per heavy atom. The average molecular weight is 415 g/mol. The summed E-state index contributed by atoms with van der Waals surface area (Å²) in [5.74, 6) is -0.570. The van der Waals surface area contributed by atoms with Crippen LogP contribution in [0, 0.1) is 6.92 Å². The molecule has 2 N–H and O–H groups in total. The third-order valence-corrected chi connectivity index (χ3v) is 4.17. The second-order valence-electron chi connectivity index (χ2n) is 6.58. The van der Waals surface area contributed by atoms with Crippen molar-refractivity contribution in [2.45, 2.75) is 33.2 Å². The van der Waals surface area contributed by atoms with Crippen LogP contribution in [0.15, 0.2) is 53.7 Å². The van der Waals surface area contributed by atoms with Gasteiger partial charge in [0, 0.05) is 26.3 Å². The Morgan fingerprint density at radius 3 is 2.60 bits per heavy atom. The summed E-state index contributed by atoms with van der Waals surface area (Å²) >= 11 is 0. The van der Waals surface area contributed by atoms with E-state index >= 15 is 0 Å². The number of fused-ring (bicyclic) bond motifs is 1. The lowest BCUT2D eigenvalue weighted by molar-refractivity contribution is 0.0929. The number of aliphatic imine (C=N–C) groups is 1. The van der Waals surface area contributed by atoms with Crippen LogP contribution in [-0.4, -0.2) is 35.2 Å². The summed E-state index contributed by atoms with van der Waals surface area (Å²) in [6, 6.07) is 12.6. The second kappa shape index (κ2) is 11.6. The Labute approximate surface area is 175 Å². The van der Waals surface area contributed by atoms with Gasteiger partial charge in [0.1, 0.15) is 17.0 Å². The Morgan fingerprint density at radius 1 is 1.23 bits per heavy atom. The Kier molecular flexibility index (Phi) is 8.93.